The Bertz CT molecular complexity index is 336. The fraction of sp³-hybridized carbons (Fsp3) is 0.750. The third kappa shape index (κ3) is 8.01. The molecule has 0 spiro atoms. The Hall–Kier alpha value is -1.79. The summed E-state index contributed by atoms with van der Waals surface area (Å²) in [6.45, 7) is 6.68. The molecule has 0 saturated heterocycles. The zero-order chi connectivity index (χ0) is 15.1. The summed E-state index contributed by atoms with van der Waals surface area (Å²) >= 11 is 0. The molecule has 0 heterocycles. The average Bonchev–Trinajstić information content (AvgIpc) is 2.30. The lowest BCUT2D eigenvalue weighted by atomic mass is 10.2. The van der Waals surface area contributed by atoms with E-state index in [0.717, 1.165) is 0 Å². The van der Waals surface area contributed by atoms with Gasteiger partial charge in [-0.2, -0.15) is 0 Å². The Balaban J connectivity index is 4.30. The predicted octanol–water partition coefficient (Wildman–Crippen LogP) is 0.579. The van der Waals surface area contributed by atoms with Crippen molar-refractivity contribution in [1.29, 1.82) is 0 Å². The van der Waals surface area contributed by atoms with Crippen LogP contribution in [-0.2, 0) is 19.1 Å². The number of rotatable bonds is 5. The fourth-order valence-electron chi connectivity index (χ4n) is 1.16. The van der Waals surface area contributed by atoms with Crippen LogP contribution in [0.5, 0.6) is 0 Å². The van der Waals surface area contributed by atoms with Crippen molar-refractivity contribution in [3.63, 3.8) is 0 Å². The quantitative estimate of drug-likeness (QED) is 0.715. The van der Waals surface area contributed by atoms with E-state index in [4.69, 9.17) is 4.74 Å². The molecule has 7 heteroatoms. The highest BCUT2D eigenvalue weighted by molar-refractivity contribution is 5.88. The molecule has 0 bridgehead atoms. The van der Waals surface area contributed by atoms with E-state index >= 15 is 0 Å². The van der Waals surface area contributed by atoms with Crippen molar-refractivity contribution in [2.24, 2.45) is 0 Å². The van der Waals surface area contributed by atoms with Gasteiger partial charge in [0.15, 0.2) is 0 Å². The maximum absolute atomic E-state index is 11.7. The van der Waals surface area contributed by atoms with Crippen LogP contribution in [0.3, 0.4) is 0 Å². The molecule has 0 aliphatic rings. The van der Waals surface area contributed by atoms with Crippen molar-refractivity contribution >= 4 is 18.0 Å². The second-order valence-electron chi connectivity index (χ2n) is 4.90. The van der Waals surface area contributed by atoms with Gasteiger partial charge in [0.25, 0.3) is 0 Å². The number of esters is 1. The number of carbonyl (C=O) groups is 3. The highest BCUT2D eigenvalue weighted by Gasteiger charge is 2.23. The minimum Gasteiger partial charge on any atom is -0.468 e. The molecule has 0 radical (unpaired) electrons. The molecule has 0 unspecified atom stereocenters. The summed E-state index contributed by atoms with van der Waals surface area (Å²) in [5.74, 6) is -1.01. The second-order valence-corrected chi connectivity index (χ2v) is 4.90. The number of nitrogens with one attached hydrogen (secondary N) is 2. The Kier molecular flexibility index (Phi) is 6.89. The van der Waals surface area contributed by atoms with Gasteiger partial charge in [0.2, 0.25) is 5.91 Å². The zero-order valence-corrected chi connectivity index (χ0v) is 12.0. The second kappa shape index (κ2) is 7.60. The monoisotopic (exact) mass is 274 g/mol. The first-order valence-corrected chi connectivity index (χ1v) is 6.03. The molecule has 7 nitrogen and oxygen atoms in total. The smallest absolute Gasteiger partial charge is 0.408 e. The normalized spacial score (nSPS) is 12.3. The van der Waals surface area contributed by atoms with Gasteiger partial charge in [-0.05, 0) is 27.2 Å². The van der Waals surface area contributed by atoms with Crippen molar-refractivity contribution in [2.75, 3.05) is 13.7 Å². The van der Waals surface area contributed by atoms with E-state index < -0.39 is 29.6 Å². The highest BCUT2D eigenvalue weighted by Crippen LogP contribution is 2.07. The number of ether oxygens (including phenoxy) is 2. The molecule has 2 N–H and O–H groups in total. The van der Waals surface area contributed by atoms with Gasteiger partial charge in [-0.1, -0.05) is 6.92 Å². The molecule has 0 aromatic carbocycles. The molecule has 0 rings (SSSR count). The minimum atomic E-state index is -0.750. The van der Waals surface area contributed by atoms with Gasteiger partial charge < -0.3 is 20.1 Å². The molecular weight excluding hydrogens is 252 g/mol. The van der Waals surface area contributed by atoms with Crippen molar-refractivity contribution in [1.82, 2.24) is 10.6 Å². The van der Waals surface area contributed by atoms with Crippen LogP contribution in [0, 0.1) is 0 Å². The van der Waals surface area contributed by atoms with E-state index in [-0.39, 0.29) is 6.54 Å². The van der Waals surface area contributed by atoms with E-state index in [0.29, 0.717) is 6.42 Å². The van der Waals surface area contributed by atoms with E-state index in [2.05, 4.69) is 15.4 Å². The third-order valence-electron chi connectivity index (χ3n) is 2.05. The van der Waals surface area contributed by atoms with Gasteiger partial charge in [0.1, 0.15) is 18.2 Å². The minimum absolute atomic E-state index is 0.234. The lowest BCUT2D eigenvalue weighted by Gasteiger charge is -2.22. The molecule has 1 atom stereocenters. The Morgan fingerprint density at radius 2 is 1.79 bits per heavy atom. The number of amides is 2. The summed E-state index contributed by atoms with van der Waals surface area (Å²) < 4.78 is 9.44. The van der Waals surface area contributed by atoms with Crippen LogP contribution in [0.15, 0.2) is 0 Å². The first-order valence-electron chi connectivity index (χ1n) is 6.03. The van der Waals surface area contributed by atoms with Crippen LogP contribution < -0.4 is 10.6 Å². The Morgan fingerprint density at radius 1 is 1.21 bits per heavy atom. The average molecular weight is 274 g/mol. The predicted molar refractivity (Wildman–Crippen MR) is 68.5 cm³/mol. The van der Waals surface area contributed by atoms with E-state index in [1.54, 1.807) is 27.7 Å². The zero-order valence-electron chi connectivity index (χ0n) is 12.0. The van der Waals surface area contributed by atoms with Gasteiger partial charge in [-0.3, -0.25) is 9.59 Å². The van der Waals surface area contributed by atoms with Gasteiger partial charge in [0.05, 0.1) is 7.11 Å². The Labute approximate surface area is 113 Å². The van der Waals surface area contributed by atoms with Gasteiger partial charge in [-0.15, -0.1) is 0 Å². The molecule has 0 saturated carbocycles. The first-order chi connectivity index (χ1) is 8.69. The molecular formula is C12H22N2O5. The topological polar surface area (TPSA) is 93.7 Å². The maximum atomic E-state index is 11.7. The summed E-state index contributed by atoms with van der Waals surface area (Å²) in [6.07, 6.45) is -0.292. The van der Waals surface area contributed by atoms with Crippen LogP contribution >= 0.6 is 0 Å². The van der Waals surface area contributed by atoms with Gasteiger partial charge in [0, 0.05) is 0 Å². The summed E-state index contributed by atoms with van der Waals surface area (Å²) in [5.41, 5.74) is -0.634. The maximum Gasteiger partial charge on any atom is 0.408 e. The lowest BCUT2D eigenvalue weighted by Crippen LogP contribution is -2.48. The number of carbonyl (C=O) groups excluding carboxylic acids is 3. The van der Waals surface area contributed by atoms with E-state index in [1.807, 2.05) is 0 Å². The molecule has 2 amide bonds. The van der Waals surface area contributed by atoms with Crippen molar-refractivity contribution < 1.29 is 23.9 Å². The highest BCUT2D eigenvalue weighted by atomic mass is 16.6. The van der Waals surface area contributed by atoms with Crippen molar-refractivity contribution in [2.45, 2.75) is 45.8 Å². The van der Waals surface area contributed by atoms with E-state index in [9.17, 15) is 14.4 Å². The molecule has 19 heavy (non-hydrogen) atoms. The molecule has 110 valence electrons. The number of methoxy groups -OCH3 is 1. The standard InChI is InChI=1S/C12H22N2O5/c1-6-8(10(16)13-7-9(15)18-5)14-11(17)19-12(2,3)4/h8H,6-7H2,1-5H3,(H,13,16)(H,14,17)/t8-/m1/s1. The third-order valence-corrected chi connectivity index (χ3v) is 2.05. The summed E-state index contributed by atoms with van der Waals surface area (Å²) in [6, 6.07) is -0.750. The van der Waals surface area contributed by atoms with E-state index in [1.165, 1.54) is 7.11 Å². The first kappa shape index (κ1) is 17.2. The van der Waals surface area contributed by atoms with Crippen LogP contribution in [0.1, 0.15) is 34.1 Å². The van der Waals surface area contributed by atoms with Gasteiger partial charge >= 0.3 is 12.1 Å². The Morgan fingerprint density at radius 3 is 2.21 bits per heavy atom. The van der Waals surface area contributed by atoms with Crippen LogP contribution in [0.4, 0.5) is 4.79 Å². The molecule has 0 aliphatic heterocycles. The fourth-order valence-corrected chi connectivity index (χ4v) is 1.16. The molecule has 0 aromatic rings. The molecule has 0 aliphatic carbocycles. The summed E-state index contributed by atoms with van der Waals surface area (Å²) in [5, 5.41) is 4.81. The van der Waals surface area contributed by atoms with Crippen LogP contribution in [0.25, 0.3) is 0 Å². The van der Waals surface area contributed by atoms with Crippen molar-refractivity contribution in [3.05, 3.63) is 0 Å². The summed E-state index contributed by atoms with van der Waals surface area (Å²) in [4.78, 5) is 34.1. The van der Waals surface area contributed by atoms with Crippen molar-refractivity contribution in [3.8, 4) is 0 Å². The van der Waals surface area contributed by atoms with Crippen LogP contribution in [-0.4, -0.2) is 43.3 Å². The number of hydrogen-bond donors (Lipinski definition) is 2. The number of hydrogen-bond acceptors (Lipinski definition) is 5. The van der Waals surface area contributed by atoms with Gasteiger partial charge in [-0.25, -0.2) is 4.79 Å². The lowest BCUT2D eigenvalue weighted by molar-refractivity contribution is -0.141. The largest absolute Gasteiger partial charge is 0.468 e. The molecule has 0 aromatic heterocycles. The van der Waals surface area contributed by atoms with Crippen LogP contribution in [0.2, 0.25) is 0 Å². The number of alkyl carbamates (subject to hydrolysis) is 1. The summed E-state index contributed by atoms with van der Waals surface area (Å²) in [7, 11) is 1.23. The SMILES string of the molecule is CC[C@@H](NC(=O)OC(C)(C)C)C(=O)NCC(=O)OC. The molecule has 0 fully saturated rings.